The topological polar surface area (TPSA) is 116 Å². The van der Waals surface area contributed by atoms with Gasteiger partial charge in [0.15, 0.2) is 0 Å². The minimum Gasteiger partial charge on any atom is -0.459 e. The molecule has 0 saturated carbocycles. The lowest BCUT2D eigenvalue weighted by atomic mass is 10.0. The van der Waals surface area contributed by atoms with Crippen LogP contribution in [0.1, 0.15) is 38.7 Å². The van der Waals surface area contributed by atoms with Crippen LogP contribution in [0.4, 0.5) is 5.69 Å². The van der Waals surface area contributed by atoms with Crippen molar-refractivity contribution >= 4 is 29.4 Å². The van der Waals surface area contributed by atoms with Crippen molar-refractivity contribution in [2.75, 3.05) is 32.5 Å². The van der Waals surface area contributed by atoms with Gasteiger partial charge in [0.2, 0.25) is 17.7 Å². The van der Waals surface area contributed by atoms with E-state index in [2.05, 4.69) is 11.9 Å². The fraction of sp³-hybridized carbons (Fsp3) is 0.440. The average Bonchev–Trinajstić information content (AvgIpc) is 2.80. The Morgan fingerprint density at radius 1 is 1.03 bits per heavy atom. The fourth-order valence-electron chi connectivity index (χ4n) is 2.79. The number of esters is 1. The van der Waals surface area contributed by atoms with Crippen LogP contribution in [-0.4, -0.2) is 71.4 Å². The minimum atomic E-state index is -0.821. The third kappa shape index (κ3) is 10.9. The molecule has 0 spiro atoms. The monoisotopic (exact) mass is 473 g/mol. The third-order valence-electron chi connectivity index (χ3n) is 4.93. The maximum absolute atomic E-state index is 12.3. The number of amides is 3. The van der Waals surface area contributed by atoms with E-state index in [1.807, 2.05) is 0 Å². The maximum atomic E-state index is 12.3. The summed E-state index contributed by atoms with van der Waals surface area (Å²) in [5.41, 5.74) is 0.548. The summed E-state index contributed by atoms with van der Waals surface area (Å²) in [5.74, 6) is -1.21. The van der Waals surface area contributed by atoms with E-state index in [-0.39, 0.29) is 50.3 Å². The summed E-state index contributed by atoms with van der Waals surface area (Å²) in [5, 5.41) is 11.8. The summed E-state index contributed by atoms with van der Waals surface area (Å²) in [6.45, 7) is 7.26. The molecule has 2 N–H and O–H groups in total. The van der Waals surface area contributed by atoms with E-state index < -0.39 is 11.6 Å². The van der Waals surface area contributed by atoms with E-state index in [1.165, 1.54) is 22.0 Å². The largest absolute Gasteiger partial charge is 0.459 e. The highest BCUT2D eigenvalue weighted by Gasteiger charge is 2.22. The zero-order valence-corrected chi connectivity index (χ0v) is 20.4. The fourth-order valence-corrected chi connectivity index (χ4v) is 2.79. The number of likely N-dealkylation sites (N-methyl/N-ethyl adjacent to an activating group) is 2. The Kier molecular flexibility index (Phi) is 11.7. The van der Waals surface area contributed by atoms with Crippen molar-refractivity contribution in [2.24, 2.45) is 0 Å². The number of rotatable bonds is 13. The molecular weight excluding hydrogens is 438 g/mol. The summed E-state index contributed by atoms with van der Waals surface area (Å²) in [4.78, 5) is 50.7. The van der Waals surface area contributed by atoms with Gasteiger partial charge in [0.25, 0.3) is 0 Å². The molecule has 9 heteroatoms. The van der Waals surface area contributed by atoms with Crippen molar-refractivity contribution in [2.45, 2.75) is 45.3 Å². The van der Waals surface area contributed by atoms with Crippen LogP contribution in [0.25, 0.3) is 0 Å². The molecule has 186 valence electrons. The van der Waals surface area contributed by atoms with E-state index in [1.54, 1.807) is 58.3 Å². The van der Waals surface area contributed by atoms with E-state index in [0.29, 0.717) is 12.1 Å². The van der Waals surface area contributed by atoms with Crippen LogP contribution in [0.3, 0.4) is 0 Å². The summed E-state index contributed by atoms with van der Waals surface area (Å²) < 4.78 is 5.45. The quantitative estimate of drug-likeness (QED) is 0.335. The van der Waals surface area contributed by atoms with Gasteiger partial charge in [-0.1, -0.05) is 24.8 Å². The number of hydrogen-bond acceptors (Lipinski definition) is 6. The maximum Gasteiger partial charge on any atom is 0.308 e. The summed E-state index contributed by atoms with van der Waals surface area (Å²) >= 11 is 0. The van der Waals surface area contributed by atoms with Gasteiger partial charge in [0.05, 0.1) is 13.0 Å². The van der Waals surface area contributed by atoms with Gasteiger partial charge in [0.1, 0.15) is 5.60 Å². The number of carbonyl (C=O) groups is 4. The molecular formula is C25H35N3O6. The first-order valence-corrected chi connectivity index (χ1v) is 11.0. The first-order chi connectivity index (χ1) is 16.0. The lowest BCUT2D eigenvalue weighted by molar-refractivity contribution is -0.156. The molecule has 34 heavy (non-hydrogen) atoms. The van der Waals surface area contributed by atoms with E-state index in [0.717, 1.165) is 5.56 Å². The molecule has 0 unspecified atom stereocenters. The Morgan fingerprint density at radius 2 is 1.62 bits per heavy atom. The molecule has 0 saturated heterocycles. The molecule has 0 aromatic heterocycles. The van der Waals surface area contributed by atoms with Crippen LogP contribution in [0.15, 0.2) is 49.1 Å². The molecule has 0 bridgehead atoms. The number of nitrogens with zero attached hydrogens (tertiary/aromatic N) is 2. The zero-order chi connectivity index (χ0) is 25.7. The van der Waals surface area contributed by atoms with E-state index in [4.69, 9.17) is 9.84 Å². The molecule has 1 rings (SSSR count). The molecule has 0 radical (unpaired) electrons. The van der Waals surface area contributed by atoms with Crippen LogP contribution in [0, 0.1) is 0 Å². The Labute approximate surface area is 201 Å². The van der Waals surface area contributed by atoms with Gasteiger partial charge in [-0.25, -0.2) is 0 Å². The Morgan fingerprint density at radius 3 is 2.21 bits per heavy atom. The number of carbonyl (C=O) groups excluding carboxylic acids is 4. The van der Waals surface area contributed by atoms with Crippen molar-refractivity contribution in [3.8, 4) is 0 Å². The molecule has 0 aliphatic heterocycles. The standard InChI is InChI=1S/C25H35N3O6/c1-6-22(31)27(4)17-14-24(33)34-25(2,3)15-7-8-23(32)28(5)16-13-21(30)26-20-11-9-19(18-29)10-12-20/h6-12,29H,1,13-18H2,2-5H3,(H,26,30)/b8-7+. The van der Waals surface area contributed by atoms with Gasteiger partial charge in [-0.05, 0) is 43.7 Å². The Balaban J connectivity index is 2.39. The molecule has 0 aliphatic rings. The highest BCUT2D eigenvalue weighted by molar-refractivity contribution is 5.92. The minimum absolute atomic E-state index is 0.0541. The number of hydrogen-bond donors (Lipinski definition) is 2. The lowest BCUT2D eigenvalue weighted by Gasteiger charge is -2.24. The predicted octanol–water partition coefficient (Wildman–Crippen LogP) is 2.27. The zero-order valence-electron chi connectivity index (χ0n) is 20.4. The van der Waals surface area contributed by atoms with Gasteiger partial charge in [-0.15, -0.1) is 0 Å². The van der Waals surface area contributed by atoms with Crippen molar-refractivity contribution in [1.82, 2.24) is 9.80 Å². The smallest absolute Gasteiger partial charge is 0.308 e. The summed E-state index contributed by atoms with van der Waals surface area (Å²) in [6.07, 6.45) is 4.70. The van der Waals surface area contributed by atoms with Gasteiger partial charge in [-0.2, -0.15) is 0 Å². The lowest BCUT2D eigenvalue weighted by Crippen LogP contribution is -2.32. The molecule has 1 aromatic carbocycles. The van der Waals surface area contributed by atoms with Crippen LogP contribution >= 0.6 is 0 Å². The Hall–Kier alpha value is -3.46. The highest BCUT2D eigenvalue weighted by Crippen LogP contribution is 2.16. The molecule has 1 aromatic rings. The number of aliphatic hydroxyl groups excluding tert-OH is 1. The molecule has 0 heterocycles. The third-order valence-corrected chi connectivity index (χ3v) is 4.93. The molecule has 0 fully saturated rings. The average molecular weight is 474 g/mol. The second-order valence-corrected chi connectivity index (χ2v) is 8.47. The van der Waals surface area contributed by atoms with E-state index >= 15 is 0 Å². The second-order valence-electron chi connectivity index (χ2n) is 8.47. The predicted molar refractivity (Wildman–Crippen MR) is 130 cm³/mol. The molecule has 9 nitrogen and oxygen atoms in total. The van der Waals surface area contributed by atoms with Crippen LogP contribution in [0.5, 0.6) is 0 Å². The normalized spacial score (nSPS) is 11.1. The summed E-state index contributed by atoms with van der Waals surface area (Å²) in [7, 11) is 3.18. The van der Waals surface area contributed by atoms with E-state index in [9.17, 15) is 19.2 Å². The molecule has 0 aliphatic carbocycles. The van der Waals surface area contributed by atoms with Gasteiger partial charge in [-0.3, -0.25) is 19.2 Å². The second kappa shape index (κ2) is 13.9. The Bertz CT molecular complexity index is 892. The van der Waals surface area contributed by atoms with Crippen molar-refractivity contribution < 1.29 is 29.0 Å². The van der Waals surface area contributed by atoms with Crippen molar-refractivity contribution in [3.63, 3.8) is 0 Å². The number of nitrogens with one attached hydrogen (secondary N) is 1. The SMILES string of the molecule is C=CC(=O)N(C)CCC(=O)OC(C)(C)C/C=C/C(=O)N(C)CCC(=O)Nc1ccc(CO)cc1. The first-order valence-electron chi connectivity index (χ1n) is 11.0. The number of aliphatic hydroxyl groups is 1. The van der Waals surface area contributed by atoms with Crippen LogP contribution in [-0.2, 0) is 30.5 Å². The molecule has 3 amide bonds. The van der Waals surface area contributed by atoms with Gasteiger partial charge < -0.3 is 25.0 Å². The van der Waals surface area contributed by atoms with Crippen LogP contribution in [0.2, 0.25) is 0 Å². The van der Waals surface area contributed by atoms with Crippen LogP contribution < -0.4 is 5.32 Å². The highest BCUT2D eigenvalue weighted by atomic mass is 16.6. The molecule has 0 atom stereocenters. The first kappa shape index (κ1) is 28.6. The number of ether oxygens (including phenoxy) is 1. The van der Waals surface area contributed by atoms with Gasteiger partial charge in [0, 0.05) is 45.7 Å². The number of anilines is 1. The van der Waals surface area contributed by atoms with Gasteiger partial charge >= 0.3 is 5.97 Å². The van der Waals surface area contributed by atoms with Crippen molar-refractivity contribution in [1.29, 1.82) is 0 Å². The van der Waals surface area contributed by atoms with Crippen molar-refractivity contribution in [3.05, 3.63) is 54.6 Å². The number of benzene rings is 1. The summed E-state index contributed by atoms with van der Waals surface area (Å²) in [6, 6.07) is 6.84.